The first-order chi connectivity index (χ1) is 9.63. The molecule has 0 heterocycles. The Morgan fingerprint density at radius 2 is 1.95 bits per heavy atom. The van der Waals surface area contributed by atoms with Crippen molar-refractivity contribution in [3.63, 3.8) is 0 Å². The van der Waals surface area contributed by atoms with Gasteiger partial charge in [-0.2, -0.15) is 0 Å². The van der Waals surface area contributed by atoms with E-state index in [1.54, 1.807) is 36.4 Å². The van der Waals surface area contributed by atoms with Crippen molar-refractivity contribution in [2.24, 2.45) is 0 Å². The van der Waals surface area contributed by atoms with Crippen molar-refractivity contribution in [3.8, 4) is 5.75 Å². The van der Waals surface area contributed by atoms with Crippen LogP contribution in [0, 0.1) is 5.82 Å². The molecule has 3 nitrogen and oxygen atoms in total. The van der Waals surface area contributed by atoms with Crippen molar-refractivity contribution in [1.82, 2.24) is 0 Å². The van der Waals surface area contributed by atoms with Gasteiger partial charge in [0, 0.05) is 17.3 Å². The third-order valence-corrected chi connectivity index (χ3v) is 2.86. The highest BCUT2D eigenvalue weighted by molar-refractivity contribution is 6.30. The molecule has 0 amide bonds. The van der Waals surface area contributed by atoms with E-state index in [0.29, 0.717) is 17.3 Å². The monoisotopic (exact) mass is 295 g/mol. The zero-order valence-electron chi connectivity index (χ0n) is 10.7. The predicted molar refractivity (Wildman–Crippen MR) is 77.8 cm³/mol. The average Bonchev–Trinajstić information content (AvgIpc) is 2.45. The summed E-state index contributed by atoms with van der Waals surface area (Å²) in [4.78, 5) is 0. The normalized spacial score (nSPS) is 11.9. The van der Waals surface area contributed by atoms with Crippen LogP contribution >= 0.6 is 11.6 Å². The Kier molecular flexibility index (Phi) is 5.21. The Bertz CT molecular complexity index is 548. The van der Waals surface area contributed by atoms with Crippen LogP contribution < -0.4 is 10.1 Å². The van der Waals surface area contributed by atoms with E-state index in [9.17, 15) is 9.50 Å². The van der Waals surface area contributed by atoms with Crippen molar-refractivity contribution in [1.29, 1.82) is 0 Å². The first-order valence-electron chi connectivity index (χ1n) is 6.19. The molecule has 5 heteroatoms. The molecule has 2 aromatic carbocycles. The molecule has 0 spiro atoms. The molecule has 2 aromatic rings. The largest absolute Gasteiger partial charge is 0.491 e. The maximum Gasteiger partial charge on any atom is 0.123 e. The van der Waals surface area contributed by atoms with Crippen LogP contribution in [0.2, 0.25) is 5.02 Å². The highest BCUT2D eigenvalue weighted by atomic mass is 35.5. The molecule has 1 atom stereocenters. The molecular formula is C15H15ClFNO2. The Balaban J connectivity index is 1.75. The first kappa shape index (κ1) is 14.6. The van der Waals surface area contributed by atoms with E-state index in [1.165, 1.54) is 12.1 Å². The molecule has 0 aliphatic heterocycles. The van der Waals surface area contributed by atoms with Crippen LogP contribution in [0.4, 0.5) is 10.1 Å². The minimum atomic E-state index is -0.681. The zero-order valence-corrected chi connectivity index (χ0v) is 11.5. The number of aliphatic hydroxyl groups is 1. The number of hydrogen-bond acceptors (Lipinski definition) is 3. The fourth-order valence-corrected chi connectivity index (χ4v) is 1.79. The van der Waals surface area contributed by atoms with Gasteiger partial charge in [-0.15, -0.1) is 0 Å². The van der Waals surface area contributed by atoms with E-state index in [-0.39, 0.29) is 12.4 Å². The molecular weight excluding hydrogens is 281 g/mol. The number of anilines is 1. The average molecular weight is 296 g/mol. The van der Waals surface area contributed by atoms with E-state index in [1.807, 2.05) is 0 Å². The Morgan fingerprint density at radius 3 is 2.65 bits per heavy atom. The van der Waals surface area contributed by atoms with Crippen molar-refractivity contribution in [2.75, 3.05) is 18.5 Å². The molecule has 1 unspecified atom stereocenters. The lowest BCUT2D eigenvalue weighted by atomic mass is 10.3. The van der Waals surface area contributed by atoms with Crippen LogP contribution in [0.25, 0.3) is 0 Å². The second-order valence-corrected chi connectivity index (χ2v) is 4.75. The molecule has 0 saturated heterocycles. The van der Waals surface area contributed by atoms with Gasteiger partial charge in [-0.3, -0.25) is 0 Å². The molecule has 0 bridgehead atoms. The SMILES string of the molecule is OC(CNc1ccc(F)cc1)COc1cccc(Cl)c1. The maximum atomic E-state index is 12.7. The van der Waals surface area contributed by atoms with Crippen LogP contribution in [0.5, 0.6) is 5.75 Å². The lowest BCUT2D eigenvalue weighted by Crippen LogP contribution is -2.26. The fourth-order valence-electron chi connectivity index (χ4n) is 1.61. The van der Waals surface area contributed by atoms with Crippen molar-refractivity contribution in [3.05, 3.63) is 59.4 Å². The minimum Gasteiger partial charge on any atom is -0.491 e. The van der Waals surface area contributed by atoms with Crippen molar-refractivity contribution >= 4 is 17.3 Å². The zero-order chi connectivity index (χ0) is 14.4. The summed E-state index contributed by atoms with van der Waals surface area (Å²) in [5.41, 5.74) is 0.744. The van der Waals surface area contributed by atoms with E-state index < -0.39 is 6.10 Å². The van der Waals surface area contributed by atoms with Gasteiger partial charge < -0.3 is 15.2 Å². The summed E-state index contributed by atoms with van der Waals surface area (Å²) in [6, 6.07) is 12.9. The van der Waals surface area contributed by atoms with Crippen LogP contribution in [-0.4, -0.2) is 24.4 Å². The first-order valence-corrected chi connectivity index (χ1v) is 6.57. The summed E-state index contributed by atoms with van der Waals surface area (Å²) in [5.74, 6) is 0.318. The van der Waals surface area contributed by atoms with Crippen LogP contribution in [-0.2, 0) is 0 Å². The highest BCUT2D eigenvalue weighted by Gasteiger charge is 2.05. The van der Waals surface area contributed by atoms with Crippen LogP contribution in [0.1, 0.15) is 0 Å². The molecule has 2 rings (SSSR count). The smallest absolute Gasteiger partial charge is 0.123 e. The van der Waals surface area contributed by atoms with E-state index in [0.717, 1.165) is 5.69 Å². The number of aliphatic hydroxyl groups excluding tert-OH is 1. The quantitative estimate of drug-likeness (QED) is 0.859. The van der Waals surface area contributed by atoms with Gasteiger partial charge in [0.2, 0.25) is 0 Å². The van der Waals surface area contributed by atoms with E-state index in [4.69, 9.17) is 16.3 Å². The third-order valence-electron chi connectivity index (χ3n) is 2.62. The lowest BCUT2D eigenvalue weighted by Gasteiger charge is -2.14. The Labute approximate surface area is 122 Å². The molecule has 20 heavy (non-hydrogen) atoms. The third kappa shape index (κ3) is 4.72. The topological polar surface area (TPSA) is 41.5 Å². The fraction of sp³-hybridized carbons (Fsp3) is 0.200. The second-order valence-electron chi connectivity index (χ2n) is 4.31. The number of hydrogen-bond donors (Lipinski definition) is 2. The summed E-state index contributed by atoms with van der Waals surface area (Å²) in [6.45, 7) is 0.459. The molecule has 0 aliphatic carbocycles. The van der Waals surface area contributed by atoms with Crippen LogP contribution in [0.15, 0.2) is 48.5 Å². The molecule has 2 N–H and O–H groups in total. The molecule has 0 aliphatic rings. The van der Waals surface area contributed by atoms with Gasteiger partial charge in [0.05, 0.1) is 0 Å². The second kappa shape index (κ2) is 7.12. The molecule has 106 valence electrons. The summed E-state index contributed by atoms with van der Waals surface area (Å²) < 4.78 is 18.1. The standard InChI is InChI=1S/C15H15ClFNO2/c16-11-2-1-3-15(8-11)20-10-14(19)9-18-13-6-4-12(17)5-7-13/h1-8,14,18-19H,9-10H2. The number of nitrogens with one attached hydrogen (secondary N) is 1. The van der Waals surface area contributed by atoms with Gasteiger partial charge >= 0.3 is 0 Å². The summed E-state index contributed by atoms with van der Waals surface area (Å²) in [7, 11) is 0. The summed E-state index contributed by atoms with van der Waals surface area (Å²) >= 11 is 5.83. The number of benzene rings is 2. The number of rotatable bonds is 6. The van der Waals surface area contributed by atoms with Gasteiger partial charge in [0.25, 0.3) is 0 Å². The van der Waals surface area contributed by atoms with Gasteiger partial charge in [-0.05, 0) is 42.5 Å². The Morgan fingerprint density at radius 1 is 1.20 bits per heavy atom. The number of halogens is 2. The van der Waals surface area contributed by atoms with Gasteiger partial charge in [0.15, 0.2) is 0 Å². The van der Waals surface area contributed by atoms with Crippen molar-refractivity contribution in [2.45, 2.75) is 6.10 Å². The van der Waals surface area contributed by atoms with Crippen molar-refractivity contribution < 1.29 is 14.2 Å². The molecule has 0 saturated carbocycles. The van der Waals surface area contributed by atoms with Crippen LogP contribution in [0.3, 0.4) is 0 Å². The summed E-state index contributed by atoms with van der Waals surface area (Å²) in [5, 5.41) is 13.4. The summed E-state index contributed by atoms with van der Waals surface area (Å²) in [6.07, 6.45) is -0.681. The molecule has 0 aromatic heterocycles. The Hall–Kier alpha value is -1.78. The molecule has 0 radical (unpaired) electrons. The minimum absolute atomic E-state index is 0.147. The van der Waals surface area contributed by atoms with E-state index in [2.05, 4.69) is 5.32 Å². The van der Waals surface area contributed by atoms with Gasteiger partial charge in [-0.25, -0.2) is 4.39 Å². The highest BCUT2D eigenvalue weighted by Crippen LogP contribution is 2.17. The molecule has 0 fully saturated rings. The predicted octanol–water partition coefficient (Wildman–Crippen LogP) is 3.33. The van der Waals surface area contributed by atoms with Gasteiger partial charge in [-0.1, -0.05) is 17.7 Å². The van der Waals surface area contributed by atoms with E-state index >= 15 is 0 Å². The maximum absolute atomic E-state index is 12.7. The lowest BCUT2D eigenvalue weighted by molar-refractivity contribution is 0.117. The number of ether oxygens (including phenoxy) is 1. The van der Waals surface area contributed by atoms with Gasteiger partial charge in [0.1, 0.15) is 24.3 Å².